The summed E-state index contributed by atoms with van der Waals surface area (Å²) in [6, 6.07) is 22.1. The quantitative estimate of drug-likeness (QED) is 0.430. The van der Waals surface area contributed by atoms with Crippen LogP contribution >= 0.6 is 0 Å². The smallest absolute Gasteiger partial charge is 0.307 e. The monoisotopic (exact) mass is 412 g/mol. The summed E-state index contributed by atoms with van der Waals surface area (Å²) in [5.74, 6) is -1.22. The van der Waals surface area contributed by atoms with Crippen molar-refractivity contribution in [2.75, 3.05) is 0 Å². The van der Waals surface area contributed by atoms with E-state index in [-0.39, 0.29) is 11.5 Å². The van der Waals surface area contributed by atoms with E-state index in [1.54, 1.807) is 12.2 Å². The first-order valence-electron chi connectivity index (χ1n) is 9.42. The number of nitrogens with one attached hydrogen (secondary N) is 2. The van der Waals surface area contributed by atoms with Gasteiger partial charge in [0.1, 0.15) is 0 Å². The van der Waals surface area contributed by atoms with Gasteiger partial charge in [-0.2, -0.15) is 10.2 Å². The molecule has 2 N–H and O–H groups in total. The number of furan rings is 1. The lowest BCUT2D eigenvalue weighted by atomic mass is 10.2. The summed E-state index contributed by atoms with van der Waals surface area (Å²) in [5, 5.41) is 7.62. The van der Waals surface area contributed by atoms with Crippen molar-refractivity contribution in [3.8, 4) is 0 Å². The number of allylic oxidation sites excluding steroid dienone is 2. The van der Waals surface area contributed by atoms with Gasteiger partial charge >= 0.3 is 11.8 Å². The molecule has 2 amide bonds. The number of nitrogens with zero attached hydrogens (tertiary/aromatic N) is 2. The van der Waals surface area contributed by atoms with Crippen molar-refractivity contribution < 1.29 is 14.0 Å². The molecule has 31 heavy (non-hydrogen) atoms. The number of amides is 2. The molecular formula is C24H20N4O3. The third-order valence-electron chi connectivity index (χ3n) is 3.88. The van der Waals surface area contributed by atoms with Crippen LogP contribution in [0.25, 0.3) is 12.2 Å². The molecule has 1 heterocycles. The van der Waals surface area contributed by atoms with E-state index < -0.39 is 11.8 Å². The van der Waals surface area contributed by atoms with E-state index in [0.717, 1.165) is 11.1 Å². The van der Waals surface area contributed by atoms with Crippen molar-refractivity contribution in [2.45, 2.75) is 0 Å². The Labute approximate surface area is 179 Å². The second kappa shape index (κ2) is 11.5. The zero-order valence-electron chi connectivity index (χ0n) is 16.5. The lowest BCUT2D eigenvalue weighted by Crippen LogP contribution is -2.18. The van der Waals surface area contributed by atoms with E-state index in [1.807, 2.05) is 72.8 Å². The number of hydrogen-bond acceptors (Lipinski definition) is 5. The molecule has 0 aliphatic carbocycles. The molecule has 3 rings (SSSR count). The molecule has 0 saturated heterocycles. The molecule has 3 aromatic rings. The highest BCUT2D eigenvalue weighted by atomic mass is 16.4. The van der Waals surface area contributed by atoms with Crippen molar-refractivity contribution in [3.05, 3.63) is 108 Å². The van der Waals surface area contributed by atoms with Gasteiger partial charge in [0.2, 0.25) is 0 Å². The minimum atomic E-state index is -0.572. The van der Waals surface area contributed by atoms with Gasteiger partial charge < -0.3 is 4.42 Å². The number of carbonyl (C=O) groups is 2. The van der Waals surface area contributed by atoms with Gasteiger partial charge in [0.25, 0.3) is 0 Å². The predicted molar refractivity (Wildman–Crippen MR) is 122 cm³/mol. The zero-order valence-corrected chi connectivity index (χ0v) is 16.5. The highest BCUT2D eigenvalue weighted by molar-refractivity contribution is 5.96. The molecule has 1 aromatic heterocycles. The minimum Gasteiger partial charge on any atom is -0.446 e. The maximum absolute atomic E-state index is 12.0. The Kier molecular flexibility index (Phi) is 7.84. The predicted octanol–water partition coefficient (Wildman–Crippen LogP) is 4.14. The second-order valence-corrected chi connectivity index (χ2v) is 6.14. The van der Waals surface area contributed by atoms with Crippen molar-refractivity contribution >= 4 is 36.4 Å². The van der Waals surface area contributed by atoms with Gasteiger partial charge in [0, 0.05) is 12.4 Å². The highest BCUT2D eigenvalue weighted by Gasteiger charge is 2.14. The molecule has 0 radical (unpaired) electrons. The molecule has 0 bridgehead atoms. The second-order valence-electron chi connectivity index (χ2n) is 6.14. The minimum absolute atomic E-state index is 0.0395. The van der Waals surface area contributed by atoms with E-state index >= 15 is 0 Å². The van der Waals surface area contributed by atoms with Crippen LogP contribution < -0.4 is 10.9 Å². The molecule has 7 heteroatoms. The molecule has 0 fully saturated rings. The Bertz CT molecular complexity index is 1030. The van der Waals surface area contributed by atoms with Crippen LogP contribution in [0.15, 0.2) is 99.6 Å². The molecular weight excluding hydrogens is 392 g/mol. The van der Waals surface area contributed by atoms with E-state index in [2.05, 4.69) is 21.1 Å². The highest BCUT2D eigenvalue weighted by Crippen LogP contribution is 2.08. The Morgan fingerprint density at radius 2 is 1.06 bits per heavy atom. The largest absolute Gasteiger partial charge is 0.446 e. The molecule has 0 unspecified atom stereocenters. The maximum Gasteiger partial charge on any atom is 0.307 e. The van der Waals surface area contributed by atoms with Crippen LogP contribution in [0, 0.1) is 0 Å². The molecule has 2 aromatic carbocycles. The fourth-order valence-corrected chi connectivity index (χ4v) is 2.41. The van der Waals surface area contributed by atoms with Crippen LogP contribution in [0.4, 0.5) is 0 Å². The number of benzene rings is 2. The van der Waals surface area contributed by atoms with E-state index in [4.69, 9.17) is 4.42 Å². The van der Waals surface area contributed by atoms with Gasteiger partial charge in [-0.3, -0.25) is 9.59 Å². The van der Waals surface area contributed by atoms with Crippen molar-refractivity contribution in [1.29, 1.82) is 0 Å². The number of carbonyl (C=O) groups excluding carboxylic acids is 2. The molecule has 7 nitrogen and oxygen atoms in total. The normalized spacial score (nSPS) is 11.6. The topological polar surface area (TPSA) is 96.1 Å². The van der Waals surface area contributed by atoms with E-state index in [1.165, 1.54) is 24.6 Å². The third-order valence-corrected chi connectivity index (χ3v) is 3.88. The average molecular weight is 412 g/mol. The maximum atomic E-state index is 12.0. The van der Waals surface area contributed by atoms with Crippen LogP contribution in [0.5, 0.6) is 0 Å². The summed E-state index contributed by atoms with van der Waals surface area (Å²) in [6.45, 7) is 0. The van der Waals surface area contributed by atoms with Crippen LogP contribution in [0.1, 0.15) is 32.2 Å². The Morgan fingerprint density at radius 1 is 0.645 bits per heavy atom. The van der Waals surface area contributed by atoms with E-state index in [0.29, 0.717) is 0 Å². The third kappa shape index (κ3) is 7.10. The first-order chi connectivity index (χ1) is 15.2. The van der Waals surface area contributed by atoms with Crippen LogP contribution in [-0.2, 0) is 0 Å². The Morgan fingerprint density at radius 3 is 1.48 bits per heavy atom. The summed E-state index contributed by atoms with van der Waals surface area (Å²) >= 11 is 0. The van der Waals surface area contributed by atoms with Gasteiger partial charge in [-0.05, 0) is 35.4 Å². The number of hydrazone groups is 2. The summed E-state index contributed by atoms with van der Waals surface area (Å²) in [4.78, 5) is 24.1. The summed E-state index contributed by atoms with van der Waals surface area (Å²) in [6.07, 6.45) is 9.97. The molecule has 154 valence electrons. The van der Waals surface area contributed by atoms with Gasteiger partial charge in [0.15, 0.2) is 11.5 Å². The first-order valence-corrected chi connectivity index (χ1v) is 9.42. The standard InChI is InChI=1S/C24H20N4O3/c29-23(27-25-17-7-13-19-9-3-1-4-10-19)21-15-16-22(31-21)24(30)28-26-18-8-14-20-11-5-2-6-12-20/h1-18H,(H,27,29)(H,28,30)/b13-7+,14-8+,25-17+,26-18+. The first kappa shape index (κ1) is 21.2. The van der Waals surface area contributed by atoms with Crippen LogP contribution in [0.3, 0.4) is 0 Å². The summed E-state index contributed by atoms with van der Waals surface area (Å²) in [7, 11) is 0. The molecule has 0 aliphatic rings. The van der Waals surface area contributed by atoms with Crippen LogP contribution in [0.2, 0.25) is 0 Å². The van der Waals surface area contributed by atoms with E-state index in [9.17, 15) is 9.59 Å². The fraction of sp³-hybridized carbons (Fsp3) is 0. The average Bonchev–Trinajstić information content (AvgIpc) is 3.30. The zero-order chi connectivity index (χ0) is 21.7. The van der Waals surface area contributed by atoms with Gasteiger partial charge in [-0.15, -0.1) is 0 Å². The van der Waals surface area contributed by atoms with Crippen LogP contribution in [-0.4, -0.2) is 24.2 Å². The SMILES string of the molecule is O=C(N/N=C/C=C/c1ccccc1)c1ccc(C(=O)N/N=C/C=C/c2ccccc2)o1. The molecule has 0 saturated carbocycles. The lowest BCUT2D eigenvalue weighted by molar-refractivity contribution is 0.0902. The molecule has 0 spiro atoms. The molecule has 0 aliphatic heterocycles. The van der Waals surface area contributed by atoms with Crippen molar-refractivity contribution in [3.63, 3.8) is 0 Å². The number of hydrogen-bond donors (Lipinski definition) is 2. The molecule has 0 atom stereocenters. The van der Waals surface area contributed by atoms with Gasteiger partial charge in [-0.1, -0.05) is 72.8 Å². The van der Waals surface area contributed by atoms with Gasteiger partial charge in [-0.25, -0.2) is 10.9 Å². The Hall–Kier alpha value is -4.52. The number of rotatable bonds is 8. The summed E-state index contributed by atoms with van der Waals surface area (Å²) < 4.78 is 5.25. The fourth-order valence-electron chi connectivity index (χ4n) is 2.41. The van der Waals surface area contributed by atoms with Crippen molar-refractivity contribution in [1.82, 2.24) is 10.9 Å². The lowest BCUT2D eigenvalue weighted by Gasteiger charge is -1.96. The van der Waals surface area contributed by atoms with Gasteiger partial charge in [0.05, 0.1) is 0 Å². The summed E-state index contributed by atoms with van der Waals surface area (Å²) in [5.41, 5.74) is 6.68. The Balaban J connectivity index is 1.45. The van der Waals surface area contributed by atoms with Crippen molar-refractivity contribution in [2.24, 2.45) is 10.2 Å².